The number of carbonyl (C=O) groups is 1. The van der Waals surface area contributed by atoms with Crippen LogP contribution in [-0.4, -0.2) is 24.0 Å². The minimum absolute atomic E-state index is 0.0868. The average molecular weight is 436 g/mol. The summed E-state index contributed by atoms with van der Waals surface area (Å²) in [5.41, 5.74) is 4.02. The number of carbonyl (C=O) groups excluding carboxylic acids is 1. The number of rotatable bonds is 1. The van der Waals surface area contributed by atoms with Gasteiger partial charge in [0.15, 0.2) is 5.78 Å². The zero-order valence-electron chi connectivity index (χ0n) is 14.7. The smallest absolute Gasteiger partial charge is 0.195 e. The molecule has 6 nitrogen and oxygen atoms in total. The fourth-order valence-electron chi connectivity index (χ4n) is 4.59. The van der Waals surface area contributed by atoms with Gasteiger partial charge in [0.2, 0.25) is 0 Å². The van der Waals surface area contributed by atoms with Crippen molar-refractivity contribution in [3.8, 4) is 6.07 Å². The third kappa shape index (κ3) is 2.19. The average Bonchev–Trinajstić information content (AvgIpc) is 3.12. The van der Waals surface area contributed by atoms with Gasteiger partial charge in [0, 0.05) is 45.3 Å². The van der Waals surface area contributed by atoms with Crippen LogP contribution in [0.3, 0.4) is 0 Å². The van der Waals surface area contributed by atoms with Crippen molar-refractivity contribution in [2.24, 2.45) is 5.18 Å². The normalized spacial score (nSPS) is 17.2. The Morgan fingerprint density at radius 1 is 1.21 bits per heavy atom. The lowest BCUT2D eigenvalue weighted by Crippen LogP contribution is -2.40. The quantitative estimate of drug-likeness (QED) is 0.553. The van der Waals surface area contributed by atoms with Gasteiger partial charge >= 0.3 is 0 Å². The maximum absolute atomic E-state index is 13.5. The second-order valence-electron chi connectivity index (χ2n) is 7.21. The molecule has 1 N–H and O–H groups in total. The van der Waals surface area contributed by atoms with E-state index in [1.165, 1.54) is 0 Å². The van der Waals surface area contributed by atoms with Gasteiger partial charge in [0.05, 0.1) is 17.2 Å². The molecule has 0 saturated carbocycles. The van der Waals surface area contributed by atoms with E-state index in [0.29, 0.717) is 47.2 Å². The summed E-state index contributed by atoms with van der Waals surface area (Å²) in [5, 5.41) is 13.2. The summed E-state index contributed by atoms with van der Waals surface area (Å²) in [5.74, 6) is -0.0868. The number of ketones is 1. The minimum Gasteiger partial charge on any atom is -0.381 e. The Kier molecular flexibility index (Phi) is 3.76. The molecule has 2 aromatic carbocycles. The molecule has 2 heterocycles. The van der Waals surface area contributed by atoms with Crippen LogP contribution in [0.4, 0.5) is 5.69 Å². The fraction of sp³-hybridized carbons (Fsp3) is 0.238. The summed E-state index contributed by atoms with van der Waals surface area (Å²) < 4.78 is 6.11. The van der Waals surface area contributed by atoms with Crippen molar-refractivity contribution in [2.45, 2.75) is 18.3 Å². The predicted molar refractivity (Wildman–Crippen MR) is 107 cm³/mol. The van der Waals surface area contributed by atoms with Gasteiger partial charge in [-0.05, 0) is 63.8 Å². The molecule has 3 aromatic rings. The van der Waals surface area contributed by atoms with Gasteiger partial charge in [0.1, 0.15) is 5.69 Å². The standard InChI is InChI=1S/C21H14BrN3O3/c22-15-8-13-14(9-17(15)25-27)21(3-5-28-6-4-21)20-18(19(13)26)12-2-1-11(10-23)7-16(12)24-20/h1-2,7-9,24H,3-6H2. The first kappa shape index (κ1) is 17.3. The van der Waals surface area contributed by atoms with Gasteiger partial charge in [-0.15, -0.1) is 4.91 Å². The number of aromatic nitrogens is 1. The Labute approximate surface area is 168 Å². The number of fused-ring (bicyclic) bond motifs is 6. The molecule has 28 heavy (non-hydrogen) atoms. The molecular formula is C21H14BrN3O3. The number of hydrogen-bond acceptors (Lipinski definition) is 5. The molecule has 1 fully saturated rings. The molecule has 0 unspecified atom stereocenters. The topological polar surface area (TPSA) is 95.3 Å². The maximum Gasteiger partial charge on any atom is 0.195 e. The second-order valence-corrected chi connectivity index (χ2v) is 8.07. The van der Waals surface area contributed by atoms with Crippen molar-refractivity contribution in [1.82, 2.24) is 4.98 Å². The van der Waals surface area contributed by atoms with Gasteiger partial charge in [-0.3, -0.25) is 4.79 Å². The molecule has 5 rings (SSSR count). The summed E-state index contributed by atoms with van der Waals surface area (Å²) >= 11 is 3.36. The van der Waals surface area contributed by atoms with Crippen LogP contribution in [0.5, 0.6) is 0 Å². The summed E-state index contributed by atoms with van der Waals surface area (Å²) in [4.78, 5) is 28.2. The Bertz CT molecular complexity index is 1220. The van der Waals surface area contributed by atoms with E-state index < -0.39 is 5.41 Å². The molecule has 0 radical (unpaired) electrons. The van der Waals surface area contributed by atoms with Crippen molar-refractivity contribution < 1.29 is 9.53 Å². The summed E-state index contributed by atoms with van der Waals surface area (Å²) in [6.07, 6.45) is 1.39. The minimum atomic E-state index is -0.456. The maximum atomic E-state index is 13.5. The Hall–Kier alpha value is -2.82. The van der Waals surface area contributed by atoms with E-state index in [9.17, 15) is 15.0 Å². The van der Waals surface area contributed by atoms with E-state index in [4.69, 9.17) is 4.74 Å². The van der Waals surface area contributed by atoms with E-state index in [0.717, 1.165) is 22.2 Å². The largest absolute Gasteiger partial charge is 0.381 e. The van der Waals surface area contributed by atoms with Crippen LogP contribution in [0, 0.1) is 16.2 Å². The van der Waals surface area contributed by atoms with Crippen molar-refractivity contribution in [2.75, 3.05) is 13.2 Å². The Morgan fingerprint density at radius 2 is 2.00 bits per heavy atom. The number of nitrogens with zero attached hydrogens (tertiary/aromatic N) is 2. The highest BCUT2D eigenvalue weighted by atomic mass is 79.9. The number of nitriles is 1. The molecule has 1 aromatic heterocycles. The number of nitroso groups, excluding NO2 is 1. The van der Waals surface area contributed by atoms with E-state index in [1.807, 2.05) is 6.07 Å². The molecule has 1 aliphatic carbocycles. The molecular weight excluding hydrogens is 422 g/mol. The molecule has 138 valence electrons. The first-order chi connectivity index (χ1) is 13.6. The Balaban J connectivity index is 1.88. The van der Waals surface area contributed by atoms with E-state index in [-0.39, 0.29) is 11.5 Å². The molecule has 1 spiro atoms. The molecule has 7 heteroatoms. The van der Waals surface area contributed by atoms with Crippen molar-refractivity contribution in [1.29, 1.82) is 5.26 Å². The van der Waals surface area contributed by atoms with Crippen molar-refractivity contribution in [3.63, 3.8) is 0 Å². The fourth-order valence-corrected chi connectivity index (χ4v) is 5.00. The number of halogens is 1. The van der Waals surface area contributed by atoms with Gasteiger partial charge in [0.25, 0.3) is 0 Å². The first-order valence-electron chi connectivity index (χ1n) is 8.95. The molecule has 0 amide bonds. The van der Waals surface area contributed by atoms with Crippen molar-refractivity contribution >= 4 is 38.3 Å². The summed E-state index contributed by atoms with van der Waals surface area (Å²) in [7, 11) is 0. The number of benzene rings is 2. The lowest BCUT2D eigenvalue weighted by Gasteiger charge is -2.41. The van der Waals surface area contributed by atoms with Gasteiger partial charge in [-0.1, -0.05) is 6.07 Å². The van der Waals surface area contributed by atoms with Gasteiger partial charge < -0.3 is 9.72 Å². The third-order valence-corrected chi connectivity index (χ3v) is 6.56. The van der Waals surface area contributed by atoms with Crippen LogP contribution in [0.1, 0.15) is 45.6 Å². The molecule has 0 atom stereocenters. The van der Waals surface area contributed by atoms with Crippen LogP contribution in [-0.2, 0) is 10.2 Å². The van der Waals surface area contributed by atoms with Gasteiger partial charge in [-0.2, -0.15) is 5.26 Å². The SMILES string of the molecule is N#Cc1ccc2c3c([nH]c2c1)C1(CCOCC1)c1cc(N=O)c(Br)cc1C3=O. The molecule has 1 aliphatic heterocycles. The van der Waals surface area contributed by atoms with Crippen LogP contribution in [0.2, 0.25) is 0 Å². The zero-order valence-corrected chi connectivity index (χ0v) is 16.3. The van der Waals surface area contributed by atoms with Gasteiger partial charge in [-0.25, -0.2) is 0 Å². The number of H-pyrrole nitrogens is 1. The second kappa shape index (κ2) is 6.09. The zero-order chi connectivity index (χ0) is 19.5. The predicted octanol–water partition coefficient (Wildman–Crippen LogP) is 4.84. The van der Waals surface area contributed by atoms with Crippen LogP contribution >= 0.6 is 15.9 Å². The number of aromatic amines is 1. The monoisotopic (exact) mass is 435 g/mol. The van der Waals surface area contributed by atoms with E-state index in [1.54, 1.807) is 24.3 Å². The third-order valence-electron chi connectivity index (χ3n) is 5.93. The number of ether oxygens (including phenoxy) is 1. The first-order valence-corrected chi connectivity index (χ1v) is 9.74. The highest BCUT2D eigenvalue weighted by Crippen LogP contribution is 2.51. The highest BCUT2D eigenvalue weighted by Gasteiger charge is 2.47. The Morgan fingerprint density at radius 3 is 2.71 bits per heavy atom. The van der Waals surface area contributed by atoms with E-state index in [2.05, 4.69) is 32.2 Å². The molecule has 1 saturated heterocycles. The van der Waals surface area contributed by atoms with Crippen LogP contribution in [0.15, 0.2) is 40.0 Å². The number of nitrogens with one attached hydrogen (secondary N) is 1. The molecule has 2 aliphatic rings. The molecule has 0 bridgehead atoms. The van der Waals surface area contributed by atoms with Crippen LogP contribution in [0.25, 0.3) is 10.9 Å². The lowest BCUT2D eigenvalue weighted by molar-refractivity contribution is 0.0602. The van der Waals surface area contributed by atoms with Crippen molar-refractivity contribution in [3.05, 3.63) is 67.7 Å². The summed E-state index contributed by atoms with van der Waals surface area (Å²) in [6, 6.07) is 10.9. The van der Waals surface area contributed by atoms with Crippen LogP contribution < -0.4 is 0 Å². The number of hydrogen-bond donors (Lipinski definition) is 1. The van der Waals surface area contributed by atoms with E-state index >= 15 is 0 Å². The lowest BCUT2D eigenvalue weighted by atomic mass is 9.64. The highest BCUT2D eigenvalue weighted by molar-refractivity contribution is 9.10. The summed E-state index contributed by atoms with van der Waals surface area (Å²) in [6.45, 7) is 1.12.